The summed E-state index contributed by atoms with van der Waals surface area (Å²) < 4.78 is 0. The van der Waals surface area contributed by atoms with Crippen LogP contribution in [-0.2, 0) is 6.54 Å². The van der Waals surface area contributed by atoms with Gasteiger partial charge in [-0.2, -0.15) is 0 Å². The standard InChI is InChI=1S/C18H20N2/c1-2-7-16(8-3-1)14-20-12-6-9-17(15-20)13-18-10-4-5-11-19-18/h1-5,7-8,10-11,13H,6,9,12,14-15H2. The number of hydrogen-bond acceptors (Lipinski definition) is 2. The molecule has 20 heavy (non-hydrogen) atoms. The molecule has 0 spiro atoms. The zero-order valence-corrected chi connectivity index (χ0v) is 11.7. The van der Waals surface area contributed by atoms with Gasteiger partial charge in [-0.25, -0.2) is 0 Å². The van der Waals surface area contributed by atoms with Crippen LogP contribution in [0, 0.1) is 0 Å². The molecule has 1 fully saturated rings. The molecule has 0 amide bonds. The van der Waals surface area contributed by atoms with Gasteiger partial charge in [-0.05, 0) is 43.2 Å². The average molecular weight is 264 g/mol. The number of likely N-dealkylation sites (tertiary alicyclic amines) is 1. The molecule has 0 aliphatic carbocycles. The maximum Gasteiger partial charge on any atom is 0.0629 e. The topological polar surface area (TPSA) is 16.1 Å². The van der Waals surface area contributed by atoms with Crippen LogP contribution in [0.3, 0.4) is 0 Å². The normalized spacial score (nSPS) is 18.3. The minimum Gasteiger partial charge on any atom is -0.295 e. The van der Waals surface area contributed by atoms with Crippen molar-refractivity contribution in [3.63, 3.8) is 0 Å². The summed E-state index contributed by atoms with van der Waals surface area (Å²) in [7, 11) is 0. The summed E-state index contributed by atoms with van der Waals surface area (Å²) in [5.41, 5.74) is 3.96. The van der Waals surface area contributed by atoms with E-state index in [2.05, 4.69) is 52.4 Å². The predicted octanol–water partition coefficient (Wildman–Crippen LogP) is 3.76. The first-order valence-electron chi connectivity index (χ1n) is 7.27. The van der Waals surface area contributed by atoms with Crippen molar-refractivity contribution in [3.05, 3.63) is 71.6 Å². The lowest BCUT2D eigenvalue weighted by Crippen LogP contribution is -2.30. The van der Waals surface area contributed by atoms with Crippen LogP contribution in [0.2, 0.25) is 0 Å². The van der Waals surface area contributed by atoms with E-state index in [1.165, 1.54) is 30.5 Å². The van der Waals surface area contributed by atoms with E-state index in [-0.39, 0.29) is 0 Å². The molecule has 2 aromatic rings. The van der Waals surface area contributed by atoms with E-state index < -0.39 is 0 Å². The van der Waals surface area contributed by atoms with Crippen molar-refractivity contribution in [1.82, 2.24) is 9.88 Å². The summed E-state index contributed by atoms with van der Waals surface area (Å²) in [5.74, 6) is 0. The molecule has 2 heterocycles. The van der Waals surface area contributed by atoms with Gasteiger partial charge in [0.2, 0.25) is 0 Å². The SMILES string of the molecule is C(=C1CCCN(Cc2ccccc2)C1)c1ccccn1. The molecule has 0 radical (unpaired) electrons. The second-order valence-electron chi connectivity index (χ2n) is 5.36. The van der Waals surface area contributed by atoms with E-state index in [1.807, 2.05) is 18.3 Å². The third-order valence-corrected chi connectivity index (χ3v) is 3.69. The van der Waals surface area contributed by atoms with Crippen molar-refractivity contribution in [2.24, 2.45) is 0 Å². The Morgan fingerprint density at radius 3 is 2.70 bits per heavy atom. The number of rotatable bonds is 3. The van der Waals surface area contributed by atoms with Crippen molar-refractivity contribution < 1.29 is 0 Å². The van der Waals surface area contributed by atoms with Gasteiger partial charge in [-0.15, -0.1) is 0 Å². The Bertz CT molecular complexity index is 560. The summed E-state index contributed by atoms with van der Waals surface area (Å²) in [6, 6.07) is 16.8. The van der Waals surface area contributed by atoms with Crippen molar-refractivity contribution in [3.8, 4) is 0 Å². The van der Waals surface area contributed by atoms with Crippen LogP contribution in [0.5, 0.6) is 0 Å². The maximum absolute atomic E-state index is 4.39. The molecule has 102 valence electrons. The fraction of sp³-hybridized carbons (Fsp3) is 0.278. The Kier molecular flexibility index (Phi) is 4.24. The van der Waals surface area contributed by atoms with Crippen LogP contribution in [0.4, 0.5) is 0 Å². The van der Waals surface area contributed by atoms with Gasteiger partial charge in [0, 0.05) is 19.3 Å². The third-order valence-electron chi connectivity index (χ3n) is 3.69. The number of nitrogens with zero attached hydrogens (tertiary/aromatic N) is 2. The molecule has 0 bridgehead atoms. The van der Waals surface area contributed by atoms with Gasteiger partial charge < -0.3 is 0 Å². The molecule has 1 aliphatic heterocycles. The van der Waals surface area contributed by atoms with Crippen molar-refractivity contribution >= 4 is 6.08 Å². The van der Waals surface area contributed by atoms with E-state index in [0.717, 1.165) is 18.8 Å². The summed E-state index contributed by atoms with van der Waals surface area (Å²) in [4.78, 5) is 6.91. The zero-order valence-electron chi connectivity index (χ0n) is 11.7. The zero-order chi connectivity index (χ0) is 13.6. The fourth-order valence-electron chi connectivity index (χ4n) is 2.74. The molecule has 1 aromatic heterocycles. The monoisotopic (exact) mass is 264 g/mol. The maximum atomic E-state index is 4.39. The van der Waals surface area contributed by atoms with E-state index in [1.54, 1.807) is 0 Å². The molecule has 0 unspecified atom stereocenters. The van der Waals surface area contributed by atoms with Gasteiger partial charge >= 0.3 is 0 Å². The summed E-state index contributed by atoms with van der Waals surface area (Å²) >= 11 is 0. The lowest BCUT2D eigenvalue weighted by atomic mass is 10.0. The smallest absolute Gasteiger partial charge is 0.0629 e. The van der Waals surface area contributed by atoms with Gasteiger partial charge in [0.05, 0.1) is 5.69 Å². The molecule has 2 heteroatoms. The Hall–Kier alpha value is -1.93. The molecule has 1 aromatic carbocycles. The lowest BCUT2D eigenvalue weighted by molar-refractivity contribution is 0.259. The number of hydrogen-bond donors (Lipinski definition) is 0. The van der Waals surface area contributed by atoms with Crippen LogP contribution in [0.25, 0.3) is 6.08 Å². The van der Waals surface area contributed by atoms with E-state index in [4.69, 9.17) is 0 Å². The molecule has 3 rings (SSSR count). The molecular formula is C18H20N2. The summed E-state index contributed by atoms with van der Waals surface area (Å²) in [6.07, 6.45) is 6.54. The first-order chi connectivity index (χ1) is 9.90. The molecule has 1 saturated heterocycles. The number of piperidine rings is 1. The van der Waals surface area contributed by atoms with E-state index in [0.29, 0.717) is 0 Å². The first kappa shape index (κ1) is 13.1. The van der Waals surface area contributed by atoms with Crippen molar-refractivity contribution in [2.75, 3.05) is 13.1 Å². The Morgan fingerprint density at radius 1 is 1.05 bits per heavy atom. The van der Waals surface area contributed by atoms with Gasteiger partial charge in [0.1, 0.15) is 0 Å². The Labute approximate surface area is 120 Å². The number of pyridine rings is 1. The second kappa shape index (κ2) is 6.49. The van der Waals surface area contributed by atoms with Gasteiger partial charge in [0.15, 0.2) is 0 Å². The van der Waals surface area contributed by atoms with Crippen LogP contribution in [-0.4, -0.2) is 23.0 Å². The molecule has 0 N–H and O–H groups in total. The summed E-state index contributed by atoms with van der Waals surface area (Å²) in [5, 5.41) is 0. The van der Waals surface area contributed by atoms with Crippen LogP contribution in [0.15, 0.2) is 60.3 Å². The minimum absolute atomic E-state index is 1.04. The Morgan fingerprint density at radius 2 is 1.90 bits per heavy atom. The highest BCUT2D eigenvalue weighted by Gasteiger charge is 2.14. The molecule has 0 saturated carbocycles. The second-order valence-corrected chi connectivity index (χ2v) is 5.36. The minimum atomic E-state index is 1.04. The quantitative estimate of drug-likeness (QED) is 0.839. The largest absolute Gasteiger partial charge is 0.295 e. The highest BCUT2D eigenvalue weighted by atomic mass is 15.1. The van der Waals surface area contributed by atoms with Crippen LogP contribution >= 0.6 is 0 Å². The van der Waals surface area contributed by atoms with E-state index >= 15 is 0 Å². The van der Waals surface area contributed by atoms with Crippen LogP contribution < -0.4 is 0 Å². The Balaban J connectivity index is 1.66. The highest BCUT2D eigenvalue weighted by molar-refractivity contribution is 5.49. The van der Waals surface area contributed by atoms with Crippen LogP contribution in [0.1, 0.15) is 24.1 Å². The van der Waals surface area contributed by atoms with Crippen molar-refractivity contribution in [2.45, 2.75) is 19.4 Å². The molecule has 0 atom stereocenters. The number of aromatic nitrogens is 1. The highest BCUT2D eigenvalue weighted by Crippen LogP contribution is 2.19. The average Bonchev–Trinajstić information content (AvgIpc) is 2.50. The van der Waals surface area contributed by atoms with Crippen molar-refractivity contribution in [1.29, 1.82) is 0 Å². The first-order valence-corrected chi connectivity index (χ1v) is 7.27. The fourth-order valence-corrected chi connectivity index (χ4v) is 2.74. The summed E-state index contributed by atoms with van der Waals surface area (Å²) in [6.45, 7) is 3.29. The van der Waals surface area contributed by atoms with E-state index in [9.17, 15) is 0 Å². The lowest BCUT2D eigenvalue weighted by Gasteiger charge is -2.28. The van der Waals surface area contributed by atoms with Gasteiger partial charge in [-0.3, -0.25) is 9.88 Å². The van der Waals surface area contributed by atoms with Gasteiger partial charge in [-0.1, -0.05) is 42.0 Å². The number of benzene rings is 1. The molecule has 1 aliphatic rings. The molecule has 2 nitrogen and oxygen atoms in total. The van der Waals surface area contributed by atoms with Gasteiger partial charge in [0.25, 0.3) is 0 Å². The molecular weight excluding hydrogens is 244 g/mol. The third kappa shape index (κ3) is 3.55. The predicted molar refractivity (Wildman–Crippen MR) is 83.2 cm³/mol.